The van der Waals surface area contributed by atoms with E-state index in [4.69, 9.17) is 0 Å². The lowest BCUT2D eigenvalue weighted by molar-refractivity contribution is -0.117. The lowest BCUT2D eigenvalue weighted by atomic mass is 10.0. The number of piperazine rings is 1. The van der Waals surface area contributed by atoms with Crippen molar-refractivity contribution >= 4 is 23.3 Å². The van der Waals surface area contributed by atoms with Gasteiger partial charge in [-0.05, 0) is 37.0 Å². The minimum absolute atomic E-state index is 0.0534. The average Bonchev–Trinajstić information content (AvgIpc) is 3.55. The summed E-state index contributed by atoms with van der Waals surface area (Å²) in [5.41, 5.74) is 4.29. The highest BCUT2D eigenvalue weighted by Gasteiger charge is 2.30. The number of hydrogen-bond donors (Lipinski definition) is 2. The largest absolute Gasteiger partial charge is 0.465 e. The van der Waals surface area contributed by atoms with E-state index in [2.05, 4.69) is 52.6 Å². The molecule has 3 heterocycles. The molecule has 1 atom stereocenters. The molecule has 2 aromatic heterocycles. The minimum Gasteiger partial charge on any atom is -0.465 e. The first-order valence-corrected chi connectivity index (χ1v) is 11.1. The summed E-state index contributed by atoms with van der Waals surface area (Å²) in [5.74, 6) is 0.778. The number of carboxylic acid groups (broad SMARTS) is 1. The molecule has 1 aliphatic heterocycles. The second kappa shape index (κ2) is 8.27. The summed E-state index contributed by atoms with van der Waals surface area (Å²) in [7, 11) is 0. The average molecular weight is 434 g/mol. The molecule has 1 saturated heterocycles. The Kier molecular flexibility index (Phi) is 5.30. The maximum atomic E-state index is 12.1. The second-order valence-corrected chi connectivity index (χ2v) is 8.79. The number of nitrogens with one attached hydrogen (secondary N) is 1. The molecule has 8 nitrogen and oxygen atoms in total. The Morgan fingerprint density at radius 1 is 1.16 bits per heavy atom. The summed E-state index contributed by atoms with van der Waals surface area (Å²) in [6.07, 6.45) is 2.97. The van der Waals surface area contributed by atoms with Crippen LogP contribution in [0.5, 0.6) is 0 Å². The number of aromatic nitrogens is 2. The lowest BCUT2D eigenvalue weighted by Crippen LogP contribution is -2.52. The van der Waals surface area contributed by atoms with Crippen LogP contribution in [0.1, 0.15) is 25.3 Å². The van der Waals surface area contributed by atoms with Crippen LogP contribution in [0.4, 0.5) is 10.6 Å². The Hall–Kier alpha value is -3.39. The van der Waals surface area contributed by atoms with Crippen molar-refractivity contribution in [2.24, 2.45) is 5.92 Å². The quantitative estimate of drug-likeness (QED) is 0.642. The van der Waals surface area contributed by atoms with E-state index in [0.717, 1.165) is 42.6 Å². The summed E-state index contributed by atoms with van der Waals surface area (Å²) in [4.78, 5) is 27.1. The molecule has 2 fully saturated rings. The highest BCUT2D eigenvalue weighted by Crippen LogP contribution is 2.31. The number of nitrogens with zero attached hydrogens (tertiary/aromatic N) is 4. The maximum absolute atomic E-state index is 12.1. The molecule has 1 aromatic carbocycles. The monoisotopic (exact) mass is 433 g/mol. The van der Waals surface area contributed by atoms with Crippen LogP contribution in [-0.2, 0) is 11.3 Å². The molecule has 2 N–H and O–H groups in total. The first kappa shape index (κ1) is 20.5. The van der Waals surface area contributed by atoms with E-state index in [1.165, 1.54) is 10.5 Å². The molecule has 2 aliphatic rings. The molecule has 0 radical (unpaired) electrons. The van der Waals surface area contributed by atoms with Crippen LogP contribution in [0.2, 0.25) is 0 Å². The van der Waals surface area contributed by atoms with Gasteiger partial charge in [0.05, 0.1) is 5.52 Å². The fraction of sp³-hybridized carbons (Fsp3) is 0.375. The predicted octanol–water partition coefficient (Wildman–Crippen LogP) is 3.53. The van der Waals surface area contributed by atoms with Gasteiger partial charge < -0.3 is 15.3 Å². The molecule has 5 rings (SSSR count). The normalized spacial score (nSPS) is 19.3. The van der Waals surface area contributed by atoms with Crippen LogP contribution >= 0.6 is 0 Å². The Morgan fingerprint density at radius 2 is 1.94 bits per heavy atom. The first-order valence-electron chi connectivity index (χ1n) is 11.1. The van der Waals surface area contributed by atoms with Crippen LogP contribution in [0.15, 0.2) is 48.7 Å². The molecule has 1 saturated carbocycles. The molecule has 32 heavy (non-hydrogen) atoms. The van der Waals surface area contributed by atoms with Gasteiger partial charge in [-0.2, -0.15) is 5.10 Å². The Morgan fingerprint density at radius 3 is 2.62 bits per heavy atom. The summed E-state index contributed by atoms with van der Waals surface area (Å²) in [5, 5.41) is 16.6. The standard InChI is InChI=1S/C24H27N5O3/c1-16-14-28(24(31)32)12-11-27(16)15-17-4-6-18(7-5-17)20-3-2-10-29-21(20)13-22(26-29)25-23(30)19-8-9-19/h2-7,10,13,16,19H,8-9,11-12,14-15H2,1H3,(H,31,32)(H,25,26,30). The molecule has 1 unspecified atom stereocenters. The van der Waals surface area contributed by atoms with Gasteiger partial charge in [-0.25, -0.2) is 9.31 Å². The zero-order valence-corrected chi connectivity index (χ0v) is 18.1. The minimum atomic E-state index is -0.842. The van der Waals surface area contributed by atoms with Crippen molar-refractivity contribution < 1.29 is 14.7 Å². The van der Waals surface area contributed by atoms with Crippen LogP contribution < -0.4 is 5.32 Å². The van der Waals surface area contributed by atoms with E-state index in [1.54, 1.807) is 4.52 Å². The molecule has 8 heteroatoms. The van der Waals surface area contributed by atoms with Crippen LogP contribution in [0, 0.1) is 5.92 Å². The molecule has 3 aromatic rings. The van der Waals surface area contributed by atoms with Gasteiger partial charge in [-0.15, -0.1) is 0 Å². The molecule has 1 aliphatic carbocycles. The van der Waals surface area contributed by atoms with E-state index >= 15 is 0 Å². The number of carbonyl (C=O) groups is 2. The predicted molar refractivity (Wildman–Crippen MR) is 121 cm³/mol. The Labute approximate surface area is 186 Å². The number of benzene rings is 1. The van der Waals surface area contributed by atoms with E-state index in [0.29, 0.717) is 18.9 Å². The topological polar surface area (TPSA) is 90.2 Å². The SMILES string of the molecule is CC1CN(C(=O)O)CCN1Cc1ccc(-c2cccn3nc(NC(=O)C4CC4)cc23)cc1. The Balaban J connectivity index is 1.31. The number of carbonyl (C=O) groups excluding carboxylic acids is 1. The van der Waals surface area contributed by atoms with E-state index in [-0.39, 0.29) is 17.9 Å². The summed E-state index contributed by atoms with van der Waals surface area (Å²) in [6, 6.07) is 14.6. The third kappa shape index (κ3) is 4.18. The van der Waals surface area contributed by atoms with Gasteiger partial charge in [0.1, 0.15) is 0 Å². The maximum Gasteiger partial charge on any atom is 0.407 e. The van der Waals surface area contributed by atoms with Gasteiger partial charge >= 0.3 is 6.09 Å². The van der Waals surface area contributed by atoms with Crippen LogP contribution in [0.3, 0.4) is 0 Å². The van der Waals surface area contributed by atoms with Crippen molar-refractivity contribution in [1.29, 1.82) is 0 Å². The van der Waals surface area contributed by atoms with E-state index < -0.39 is 6.09 Å². The van der Waals surface area contributed by atoms with Crippen molar-refractivity contribution in [2.75, 3.05) is 25.0 Å². The zero-order chi connectivity index (χ0) is 22.2. The van der Waals surface area contributed by atoms with Gasteiger partial charge in [0.15, 0.2) is 5.82 Å². The molecular weight excluding hydrogens is 406 g/mol. The number of anilines is 1. The van der Waals surface area contributed by atoms with Crippen molar-refractivity contribution in [3.05, 3.63) is 54.2 Å². The zero-order valence-electron chi connectivity index (χ0n) is 18.1. The fourth-order valence-electron chi connectivity index (χ4n) is 4.32. The fourth-order valence-corrected chi connectivity index (χ4v) is 4.32. The van der Waals surface area contributed by atoms with Gasteiger partial charge in [-0.1, -0.05) is 30.3 Å². The Bertz CT molecular complexity index is 1150. The van der Waals surface area contributed by atoms with Crippen molar-refractivity contribution in [3.63, 3.8) is 0 Å². The highest BCUT2D eigenvalue weighted by molar-refractivity contribution is 5.94. The summed E-state index contributed by atoms with van der Waals surface area (Å²) >= 11 is 0. The van der Waals surface area contributed by atoms with Gasteiger partial charge in [0.25, 0.3) is 0 Å². The van der Waals surface area contributed by atoms with Crippen molar-refractivity contribution in [3.8, 4) is 11.1 Å². The number of hydrogen-bond acceptors (Lipinski definition) is 4. The lowest BCUT2D eigenvalue weighted by Gasteiger charge is -2.38. The number of pyridine rings is 1. The van der Waals surface area contributed by atoms with Crippen molar-refractivity contribution in [1.82, 2.24) is 19.4 Å². The van der Waals surface area contributed by atoms with E-state index in [1.807, 2.05) is 18.3 Å². The first-order chi connectivity index (χ1) is 15.5. The molecule has 2 amide bonds. The van der Waals surface area contributed by atoms with Gasteiger partial charge in [-0.3, -0.25) is 9.69 Å². The molecule has 0 bridgehead atoms. The summed E-state index contributed by atoms with van der Waals surface area (Å²) in [6.45, 7) is 4.68. The molecular formula is C24H27N5O3. The van der Waals surface area contributed by atoms with Gasteiger partial charge in [0.2, 0.25) is 5.91 Å². The molecule has 166 valence electrons. The number of rotatable bonds is 5. The second-order valence-electron chi connectivity index (χ2n) is 8.79. The number of amides is 2. The van der Waals surface area contributed by atoms with Crippen LogP contribution in [-0.4, -0.2) is 62.2 Å². The van der Waals surface area contributed by atoms with Crippen LogP contribution in [0.25, 0.3) is 16.6 Å². The molecule has 0 spiro atoms. The van der Waals surface area contributed by atoms with Crippen molar-refractivity contribution in [2.45, 2.75) is 32.4 Å². The number of fused-ring (bicyclic) bond motifs is 1. The smallest absolute Gasteiger partial charge is 0.407 e. The van der Waals surface area contributed by atoms with E-state index in [9.17, 15) is 14.7 Å². The highest BCUT2D eigenvalue weighted by atomic mass is 16.4. The van der Waals surface area contributed by atoms with Gasteiger partial charge in [0, 0.05) is 56.0 Å². The summed E-state index contributed by atoms with van der Waals surface area (Å²) < 4.78 is 1.80. The third-order valence-electron chi connectivity index (χ3n) is 6.39. The third-order valence-corrected chi connectivity index (χ3v) is 6.39.